The predicted octanol–water partition coefficient (Wildman–Crippen LogP) is 5.69. The van der Waals surface area contributed by atoms with Crippen LogP contribution in [0.3, 0.4) is 0 Å². The molecule has 2 aliphatic heterocycles. The largest absolute Gasteiger partial charge is 0.416 e. The summed E-state index contributed by atoms with van der Waals surface area (Å²) in [5.74, 6) is 6.55. The second-order valence-electron chi connectivity index (χ2n) is 12.5. The fraction of sp³-hybridized carbons (Fsp3) is 0.389. The van der Waals surface area contributed by atoms with Crippen LogP contribution in [0.2, 0.25) is 5.02 Å². The van der Waals surface area contributed by atoms with Crippen molar-refractivity contribution in [1.29, 1.82) is 0 Å². The number of carbonyl (C=O) groups is 2. The Balaban J connectivity index is 1.09. The van der Waals surface area contributed by atoms with Crippen LogP contribution in [0.15, 0.2) is 54.7 Å². The van der Waals surface area contributed by atoms with Gasteiger partial charge in [-0.25, -0.2) is 9.50 Å². The molecule has 2 amide bonds. The van der Waals surface area contributed by atoms with Gasteiger partial charge in [-0.05, 0) is 86.6 Å². The molecule has 10 nitrogen and oxygen atoms in total. The molecule has 6 rings (SSSR count). The molecule has 0 aliphatic carbocycles. The van der Waals surface area contributed by atoms with Gasteiger partial charge < -0.3 is 25.6 Å². The monoisotopic (exact) mass is 707 g/mol. The van der Waals surface area contributed by atoms with Gasteiger partial charge in [-0.3, -0.25) is 9.59 Å². The molecule has 2 fully saturated rings. The normalized spacial score (nSPS) is 16.0. The van der Waals surface area contributed by atoms with E-state index < -0.39 is 17.6 Å². The SMILES string of the molecule is Cc1c(C#Cc2cnc3ccc(N4CCC(OC5CCN(C(=O)CCN)CC5)CC4)nn23)cccc1C(=O)Nc1cc(Cl)cc(C(F)(F)F)c1. The minimum absolute atomic E-state index is 0.0659. The van der Waals surface area contributed by atoms with E-state index in [1.54, 1.807) is 35.8 Å². The standard InChI is InChI=1S/C36H37ClF3N7O3/c1-23-24(3-2-4-31(23)35(49)43-27-20-25(36(38,39)40)19-26(37)21-27)5-6-28-22-42-32-7-8-33(44-47(28)32)45-15-10-29(11-16-45)50-30-12-17-46(18-13-30)34(48)9-14-41/h2-4,7-8,19-22,29-30H,9-18,41H2,1H3,(H,43,49). The highest BCUT2D eigenvalue weighted by Gasteiger charge is 2.31. The van der Waals surface area contributed by atoms with Crippen LogP contribution in [0, 0.1) is 18.8 Å². The number of hydrogen-bond donors (Lipinski definition) is 2. The Labute approximate surface area is 292 Å². The van der Waals surface area contributed by atoms with Gasteiger partial charge in [0.15, 0.2) is 5.65 Å². The lowest BCUT2D eigenvalue weighted by atomic mass is 10.0. The Hall–Kier alpha value is -4.64. The van der Waals surface area contributed by atoms with E-state index in [2.05, 4.69) is 27.0 Å². The molecule has 4 aromatic rings. The summed E-state index contributed by atoms with van der Waals surface area (Å²) in [7, 11) is 0. The fourth-order valence-corrected chi connectivity index (χ4v) is 6.54. The minimum atomic E-state index is -4.61. The minimum Gasteiger partial charge on any atom is -0.375 e. The summed E-state index contributed by atoms with van der Waals surface area (Å²) in [4.78, 5) is 33.8. The number of carbonyl (C=O) groups excluding carboxylic acids is 2. The van der Waals surface area contributed by atoms with Crippen molar-refractivity contribution in [3.8, 4) is 11.8 Å². The van der Waals surface area contributed by atoms with Gasteiger partial charge >= 0.3 is 6.18 Å². The first-order chi connectivity index (χ1) is 24.0. The summed E-state index contributed by atoms with van der Waals surface area (Å²) in [6, 6.07) is 11.7. The lowest BCUT2D eigenvalue weighted by Crippen LogP contribution is -2.44. The van der Waals surface area contributed by atoms with Crippen molar-refractivity contribution >= 4 is 40.6 Å². The van der Waals surface area contributed by atoms with Crippen molar-refractivity contribution in [2.45, 2.75) is 57.4 Å². The number of piperidine rings is 2. The topological polar surface area (TPSA) is 118 Å². The highest BCUT2D eigenvalue weighted by atomic mass is 35.5. The first-order valence-corrected chi connectivity index (χ1v) is 16.9. The van der Waals surface area contributed by atoms with Crippen LogP contribution >= 0.6 is 11.6 Å². The third-order valence-electron chi connectivity index (χ3n) is 9.04. The molecule has 0 unspecified atom stereocenters. The Bertz CT molecular complexity index is 1940. The quantitative estimate of drug-likeness (QED) is 0.237. The van der Waals surface area contributed by atoms with Crippen LogP contribution < -0.4 is 16.0 Å². The van der Waals surface area contributed by atoms with Crippen molar-refractivity contribution in [3.05, 3.63) is 87.7 Å². The number of benzene rings is 2. The summed E-state index contributed by atoms with van der Waals surface area (Å²) in [5.41, 5.74) is 7.10. The molecular weight excluding hydrogens is 671 g/mol. The third kappa shape index (κ3) is 8.21. The molecule has 2 saturated heterocycles. The number of nitrogens with zero attached hydrogens (tertiary/aromatic N) is 5. The molecule has 262 valence electrons. The Morgan fingerprint density at radius 2 is 1.74 bits per heavy atom. The number of aromatic nitrogens is 3. The fourth-order valence-electron chi connectivity index (χ4n) is 6.31. The van der Waals surface area contributed by atoms with Crippen molar-refractivity contribution < 1.29 is 27.5 Å². The average molecular weight is 708 g/mol. The van der Waals surface area contributed by atoms with E-state index in [0.29, 0.717) is 48.5 Å². The predicted molar refractivity (Wildman–Crippen MR) is 184 cm³/mol. The van der Waals surface area contributed by atoms with Crippen LogP contribution in [0.1, 0.15) is 64.8 Å². The molecule has 2 aromatic carbocycles. The van der Waals surface area contributed by atoms with Gasteiger partial charge in [0.1, 0.15) is 11.5 Å². The number of anilines is 2. The van der Waals surface area contributed by atoms with Crippen LogP contribution in [0.25, 0.3) is 5.65 Å². The Morgan fingerprint density at radius 1 is 1.02 bits per heavy atom. The Morgan fingerprint density at radius 3 is 2.44 bits per heavy atom. The number of imidazole rings is 1. The van der Waals surface area contributed by atoms with E-state index in [4.69, 9.17) is 27.2 Å². The van der Waals surface area contributed by atoms with Crippen molar-refractivity contribution in [2.75, 3.05) is 42.9 Å². The Kier molecular flexibility index (Phi) is 10.6. The van der Waals surface area contributed by atoms with Gasteiger partial charge in [0, 0.05) is 61.0 Å². The summed E-state index contributed by atoms with van der Waals surface area (Å²) in [5, 5.41) is 7.21. The van der Waals surface area contributed by atoms with E-state index in [1.807, 2.05) is 17.0 Å². The molecular formula is C36H37ClF3N7O3. The molecule has 0 atom stereocenters. The van der Waals surface area contributed by atoms with Gasteiger partial charge in [-0.2, -0.15) is 13.2 Å². The van der Waals surface area contributed by atoms with Gasteiger partial charge in [0.05, 0.1) is 24.0 Å². The number of halogens is 4. The summed E-state index contributed by atoms with van der Waals surface area (Å²) < 4.78 is 47.9. The number of hydrogen-bond acceptors (Lipinski definition) is 7. The van der Waals surface area contributed by atoms with Crippen LogP contribution in [-0.4, -0.2) is 76.2 Å². The number of nitrogens with two attached hydrogens (primary N) is 1. The van der Waals surface area contributed by atoms with Gasteiger partial charge in [0.25, 0.3) is 5.91 Å². The zero-order chi connectivity index (χ0) is 35.4. The number of likely N-dealkylation sites (tertiary alicyclic amines) is 1. The highest BCUT2D eigenvalue weighted by Crippen LogP contribution is 2.33. The highest BCUT2D eigenvalue weighted by molar-refractivity contribution is 6.31. The van der Waals surface area contributed by atoms with Crippen molar-refractivity contribution in [1.82, 2.24) is 19.5 Å². The zero-order valence-corrected chi connectivity index (χ0v) is 28.2. The summed E-state index contributed by atoms with van der Waals surface area (Å²) >= 11 is 5.88. The van der Waals surface area contributed by atoms with Crippen LogP contribution in [-0.2, 0) is 15.7 Å². The molecule has 0 spiro atoms. The molecule has 0 bridgehead atoms. The third-order valence-corrected chi connectivity index (χ3v) is 9.26. The number of fused-ring (bicyclic) bond motifs is 1. The lowest BCUT2D eigenvalue weighted by molar-refractivity contribution is -0.137. The van der Waals surface area contributed by atoms with Crippen LogP contribution in [0.4, 0.5) is 24.7 Å². The smallest absolute Gasteiger partial charge is 0.375 e. The number of ether oxygens (including phenoxy) is 1. The van der Waals surface area contributed by atoms with Crippen LogP contribution in [0.5, 0.6) is 0 Å². The second-order valence-corrected chi connectivity index (χ2v) is 12.9. The number of alkyl halides is 3. The molecule has 14 heteroatoms. The maximum atomic E-state index is 13.3. The summed E-state index contributed by atoms with van der Waals surface area (Å²) in [6.07, 6.45) is 1.14. The number of rotatable bonds is 7. The van der Waals surface area contributed by atoms with E-state index in [0.717, 1.165) is 56.7 Å². The molecule has 2 aliphatic rings. The molecule has 2 aromatic heterocycles. The number of amides is 2. The van der Waals surface area contributed by atoms with Gasteiger partial charge in [-0.15, -0.1) is 5.10 Å². The first-order valence-electron chi connectivity index (χ1n) is 16.5. The van der Waals surface area contributed by atoms with Crippen molar-refractivity contribution in [2.24, 2.45) is 5.73 Å². The van der Waals surface area contributed by atoms with E-state index in [-0.39, 0.29) is 34.4 Å². The van der Waals surface area contributed by atoms with Gasteiger partial charge in [0.2, 0.25) is 5.91 Å². The molecule has 50 heavy (non-hydrogen) atoms. The molecule has 4 heterocycles. The number of nitrogens with one attached hydrogen (secondary N) is 1. The van der Waals surface area contributed by atoms with Gasteiger partial charge in [-0.1, -0.05) is 23.6 Å². The maximum absolute atomic E-state index is 13.3. The first kappa shape index (κ1) is 35.2. The molecule has 0 saturated carbocycles. The molecule has 3 N–H and O–H groups in total. The summed E-state index contributed by atoms with van der Waals surface area (Å²) in [6.45, 7) is 5.09. The zero-order valence-electron chi connectivity index (χ0n) is 27.5. The van der Waals surface area contributed by atoms with E-state index >= 15 is 0 Å². The van der Waals surface area contributed by atoms with E-state index in [1.165, 1.54) is 6.07 Å². The maximum Gasteiger partial charge on any atom is 0.416 e. The molecule has 0 radical (unpaired) electrons. The average Bonchev–Trinajstić information content (AvgIpc) is 3.50. The second kappa shape index (κ2) is 15.1. The van der Waals surface area contributed by atoms with Crippen molar-refractivity contribution in [3.63, 3.8) is 0 Å². The lowest BCUT2D eigenvalue weighted by Gasteiger charge is -2.37. The van der Waals surface area contributed by atoms with E-state index in [9.17, 15) is 22.8 Å².